The molecule has 0 radical (unpaired) electrons. The van der Waals surface area contributed by atoms with Gasteiger partial charge in [0, 0.05) is 6.54 Å². The fourth-order valence-corrected chi connectivity index (χ4v) is 3.83. The summed E-state index contributed by atoms with van der Waals surface area (Å²) in [7, 11) is 0. The highest BCUT2D eigenvalue weighted by atomic mass is 32.1. The second-order valence-corrected chi connectivity index (χ2v) is 7.32. The van der Waals surface area contributed by atoms with Gasteiger partial charge in [-0.25, -0.2) is 0 Å². The Morgan fingerprint density at radius 2 is 1.90 bits per heavy atom. The summed E-state index contributed by atoms with van der Waals surface area (Å²) in [6.45, 7) is 5.78. The Morgan fingerprint density at radius 1 is 1.21 bits per heavy atom. The van der Waals surface area contributed by atoms with Gasteiger partial charge in [0.25, 0.3) is 11.5 Å². The first-order valence-corrected chi connectivity index (χ1v) is 9.76. The first kappa shape index (κ1) is 20.1. The molecule has 5 nitrogen and oxygen atoms in total. The number of benzene rings is 2. The van der Waals surface area contributed by atoms with Crippen molar-refractivity contribution in [1.29, 1.82) is 5.26 Å². The summed E-state index contributed by atoms with van der Waals surface area (Å²) < 4.78 is 2.15. The standard InChI is InChI=1S/C23H19N3O2S/c1-3-13-25-21(27)19(15-24)23-26(18-7-5-4-6-8-18)22(28)20(29-23)14-17-11-9-16(2)10-12-17/h3-12,14H,1,13H2,2H3,(H,25,27)/b20-14-,23-19-. The fourth-order valence-electron chi connectivity index (χ4n) is 2.72. The van der Waals surface area contributed by atoms with E-state index in [1.807, 2.05) is 43.3 Å². The Kier molecular flexibility index (Phi) is 6.22. The molecule has 0 saturated carbocycles. The number of para-hydroxylation sites is 1. The molecule has 0 aliphatic heterocycles. The van der Waals surface area contributed by atoms with Gasteiger partial charge in [-0.05, 0) is 30.7 Å². The molecule has 0 spiro atoms. The summed E-state index contributed by atoms with van der Waals surface area (Å²) in [4.78, 5) is 25.7. The summed E-state index contributed by atoms with van der Waals surface area (Å²) in [6, 6.07) is 18.7. The van der Waals surface area contributed by atoms with Gasteiger partial charge < -0.3 is 5.32 Å². The third kappa shape index (κ3) is 4.42. The average molecular weight is 401 g/mol. The second-order valence-electron chi connectivity index (χ2n) is 6.29. The predicted molar refractivity (Wildman–Crippen MR) is 116 cm³/mol. The van der Waals surface area contributed by atoms with Crippen molar-refractivity contribution in [3.63, 3.8) is 0 Å². The lowest BCUT2D eigenvalue weighted by molar-refractivity contribution is -0.115. The largest absolute Gasteiger partial charge is 0.348 e. The molecule has 0 bridgehead atoms. The number of hydrogen-bond acceptors (Lipinski definition) is 4. The normalized spacial score (nSPS) is 12.2. The van der Waals surface area contributed by atoms with Crippen molar-refractivity contribution in [2.75, 3.05) is 6.54 Å². The Bertz CT molecular complexity index is 1260. The van der Waals surface area contributed by atoms with Gasteiger partial charge in [0.1, 0.15) is 10.7 Å². The molecule has 0 atom stereocenters. The maximum absolute atomic E-state index is 13.2. The van der Waals surface area contributed by atoms with Gasteiger partial charge in [0.15, 0.2) is 5.57 Å². The lowest BCUT2D eigenvalue weighted by Gasteiger charge is -2.04. The maximum Gasteiger partial charge on any atom is 0.273 e. The molecule has 0 fully saturated rings. The van der Waals surface area contributed by atoms with Crippen molar-refractivity contribution < 1.29 is 4.79 Å². The molecule has 1 aromatic heterocycles. The molecular weight excluding hydrogens is 382 g/mol. The first-order valence-electron chi connectivity index (χ1n) is 8.94. The molecule has 2 aromatic carbocycles. The van der Waals surface area contributed by atoms with E-state index in [1.54, 1.807) is 30.3 Å². The molecule has 0 aliphatic rings. The number of rotatable bonds is 5. The smallest absolute Gasteiger partial charge is 0.273 e. The number of aryl methyl sites for hydroxylation is 1. The van der Waals surface area contributed by atoms with Gasteiger partial charge in [-0.2, -0.15) is 5.26 Å². The minimum Gasteiger partial charge on any atom is -0.348 e. The Hall–Kier alpha value is -3.69. The van der Waals surface area contributed by atoms with Gasteiger partial charge >= 0.3 is 0 Å². The lowest BCUT2D eigenvalue weighted by atomic mass is 10.1. The molecule has 3 rings (SSSR count). The van der Waals surface area contributed by atoms with Gasteiger partial charge in [-0.1, -0.05) is 54.1 Å². The van der Waals surface area contributed by atoms with Crippen LogP contribution < -0.4 is 20.1 Å². The zero-order chi connectivity index (χ0) is 20.8. The Morgan fingerprint density at radius 3 is 2.52 bits per heavy atom. The van der Waals surface area contributed by atoms with E-state index in [-0.39, 0.29) is 17.7 Å². The molecule has 0 saturated heterocycles. The van der Waals surface area contributed by atoms with Crippen molar-refractivity contribution >= 4 is 28.9 Å². The van der Waals surface area contributed by atoms with E-state index in [0.717, 1.165) is 22.5 Å². The van der Waals surface area contributed by atoms with Crippen molar-refractivity contribution in [1.82, 2.24) is 9.88 Å². The van der Waals surface area contributed by atoms with Crippen LogP contribution in [0.1, 0.15) is 11.1 Å². The topological polar surface area (TPSA) is 74.9 Å². The quantitative estimate of drug-likeness (QED) is 0.665. The summed E-state index contributed by atoms with van der Waals surface area (Å²) >= 11 is 1.12. The van der Waals surface area contributed by atoms with Crippen LogP contribution >= 0.6 is 11.3 Å². The zero-order valence-electron chi connectivity index (χ0n) is 15.9. The lowest BCUT2D eigenvalue weighted by Crippen LogP contribution is -2.33. The minimum absolute atomic E-state index is 0.110. The number of nitriles is 1. The highest BCUT2D eigenvalue weighted by Crippen LogP contribution is 2.05. The molecule has 3 aromatic rings. The van der Waals surface area contributed by atoms with Crippen LogP contribution in [0, 0.1) is 18.3 Å². The molecule has 144 valence electrons. The average Bonchev–Trinajstić information content (AvgIpc) is 3.05. The van der Waals surface area contributed by atoms with Crippen LogP contribution in [0.15, 0.2) is 72.0 Å². The Balaban J connectivity index is 2.33. The van der Waals surface area contributed by atoms with Gasteiger partial charge in [0.05, 0.1) is 10.2 Å². The number of aromatic nitrogens is 1. The number of hydrogen-bond donors (Lipinski definition) is 1. The van der Waals surface area contributed by atoms with Gasteiger partial charge in [-0.15, -0.1) is 17.9 Å². The fraction of sp³-hybridized carbons (Fsp3) is 0.0870. The molecule has 0 unspecified atom stereocenters. The Labute approximate surface area is 172 Å². The predicted octanol–water partition coefficient (Wildman–Crippen LogP) is 2.01. The molecule has 1 N–H and O–H groups in total. The molecule has 1 amide bonds. The molecule has 6 heteroatoms. The summed E-state index contributed by atoms with van der Waals surface area (Å²) in [6.07, 6.45) is 3.30. The summed E-state index contributed by atoms with van der Waals surface area (Å²) in [5.41, 5.74) is 2.20. The van der Waals surface area contributed by atoms with Crippen LogP contribution in [0.5, 0.6) is 0 Å². The molecule has 1 heterocycles. The number of carbonyl (C=O) groups is 1. The minimum atomic E-state index is -0.541. The maximum atomic E-state index is 13.2. The van der Waals surface area contributed by atoms with E-state index in [2.05, 4.69) is 11.9 Å². The van der Waals surface area contributed by atoms with E-state index in [9.17, 15) is 14.9 Å². The monoisotopic (exact) mass is 401 g/mol. The number of carbonyl (C=O) groups excluding carboxylic acids is 1. The van der Waals surface area contributed by atoms with Crippen LogP contribution in [0.3, 0.4) is 0 Å². The van der Waals surface area contributed by atoms with E-state index >= 15 is 0 Å². The van der Waals surface area contributed by atoms with Crippen molar-refractivity contribution in [3.8, 4) is 11.8 Å². The van der Waals surface area contributed by atoms with Crippen molar-refractivity contribution in [3.05, 3.63) is 97.9 Å². The number of thiazole rings is 1. The highest BCUT2D eigenvalue weighted by molar-refractivity contribution is 7.07. The van der Waals surface area contributed by atoms with Gasteiger partial charge in [0.2, 0.25) is 0 Å². The molecular formula is C23H19N3O2S. The zero-order valence-corrected chi connectivity index (χ0v) is 16.7. The van der Waals surface area contributed by atoms with E-state index in [1.165, 1.54) is 10.6 Å². The molecule has 0 aliphatic carbocycles. The van der Waals surface area contributed by atoms with E-state index in [0.29, 0.717) is 14.9 Å². The summed E-state index contributed by atoms with van der Waals surface area (Å²) in [5, 5.41) is 12.3. The van der Waals surface area contributed by atoms with Crippen LogP contribution in [0.2, 0.25) is 0 Å². The van der Waals surface area contributed by atoms with Gasteiger partial charge in [-0.3, -0.25) is 14.2 Å². The van der Waals surface area contributed by atoms with Crippen LogP contribution in [-0.4, -0.2) is 17.0 Å². The van der Waals surface area contributed by atoms with E-state index in [4.69, 9.17) is 0 Å². The van der Waals surface area contributed by atoms with Crippen LogP contribution in [-0.2, 0) is 4.79 Å². The first-order chi connectivity index (χ1) is 14.0. The third-order valence-corrected chi connectivity index (χ3v) is 5.27. The number of nitrogens with zero attached hydrogens (tertiary/aromatic N) is 2. The number of nitrogens with one attached hydrogen (secondary N) is 1. The second kappa shape index (κ2) is 9.00. The SMILES string of the molecule is C=CCNC(=O)/C(C#N)=c1\s/c(=C\c2ccc(C)cc2)c(=O)n1-c1ccccc1. The third-order valence-electron chi connectivity index (χ3n) is 4.17. The van der Waals surface area contributed by atoms with Crippen LogP contribution in [0.25, 0.3) is 17.3 Å². The number of amides is 1. The van der Waals surface area contributed by atoms with Crippen molar-refractivity contribution in [2.24, 2.45) is 0 Å². The van der Waals surface area contributed by atoms with E-state index < -0.39 is 5.91 Å². The van der Waals surface area contributed by atoms with Crippen LogP contribution in [0.4, 0.5) is 0 Å². The molecule has 29 heavy (non-hydrogen) atoms. The summed E-state index contributed by atoms with van der Waals surface area (Å²) in [5.74, 6) is -0.541. The highest BCUT2D eigenvalue weighted by Gasteiger charge is 2.16. The van der Waals surface area contributed by atoms with Crippen molar-refractivity contribution in [2.45, 2.75) is 6.92 Å².